The van der Waals surface area contributed by atoms with Crippen molar-refractivity contribution in [1.29, 1.82) is 0 Å². The summed E-state index contributed by atoms with van der Waals surface area (Å²) in [5.41, 5.74) is 4.68. The van der Waals surface area contributed by atoms with Crippen LogP contribution in [-0.4, -0.2) is 59.0 Å². The molecule has 0 unspecified atom stereocenters. The second-order valence-corrected chi connectivity index (χ2v) is 9.17. The van der Waals surface area contributed by atoms with Gasteiger partial charge < -0.3 is 19.9 Å². The van der Waals surface area contributed by atoms with Crippen molar-refractivity contribution in [3.8, 4) is 5.75 Å². The van der Waals surface area contributed by atoms with E-state index in [4.69, 9.17) is 14.7 Å². The second-order valence-electron chi connectivity index (χ2n) is 9.17. The van der Waals surface area contributed by atoms with Gasteiger partial charge in [0.2, 0.25) is 5.91 Å². The Hall–Kier alpha value is -2.67. The summed E-state index contributed by atoms with van der Waals surface area (Å²) in [6.07, 6.45) is 3.99. The summed E-state index contributed by atoms with van der Waals surface area (Å²) in [5, 5.41) is 3.51. The second kappa shape index (κ2) is 9.86. The van der Waals surface area contributed by atoms with Crippen LogP contribution in [0.2, 0.25) is 0 Å². The molecule has 1 aromatic heterocycles. The zero-order valence-corrected chi connectivity index (χ0v) is 19.8. The van der Waals surface area contributed by atoms with Gasteiger partial charge in [0.05, 0.1) is 18.3 Å². The minimum atomic E-state index is -0.0362. The highest BCUT2D eigenvalue weighted by Crippen LogP contribution is 2.32. The predicted octanol–water partition coefficient (Wildman–Crippen LogP) is 3.65. The first-order valence-electron chi connectivity index (χ1n) is 11.7. The molecule has 1 aromatic carbocycles. The number of carbonyl (C=O) groups is 1. The van der Waals surface area contributed by atoms with Crippen molar-refractivity contribution in [3.63, 3.8) is 0 Å². The Bertz CT molecular complexity index is 957. The van der Waals surface area contributed by atoms with Gasteiger partial charge in [0.15, 0.2) is 5.82 Å². The number of ether oxygens (including phenoxy) is 1. The fourth-order valence-corrected chi connectivity index (χ4v) is 4.81. The van der Waals surface area contributed by atoms with Crippen LogP contribution in [0.1, 0.15) is 60.4 Å². The Labute approximate surface area is 191 Å². The molecule has 2 aliphatic heterocycles. The molecule has 0 bridgehead atoms. The number of likely N-dealkylation sites (N-methyl/N-ethyl adjacent to an activating group) is 1. The number of hydrogen-bond donors (Lipinski definition) is 1. The van der Waals surface area contributed by atoms with Gasteiger partial charge >= 0.3 is 0 Å². The highest BCUT2D eigenvalue weighted by molar-refractivity contribution is 5.73. The van der Waals surface area contributed by atoms with E-state index in [-0.39, 0.29) is 11.9 Å². The van der Waals surface area contributed by atoms with Crippen LogP contribution in [0.25, 0.3) is 0 Å². The lowest BCUT2D eigenvalue weighted by molar-refractivity contribution is -0.132. The number of hydrogen-bond acceptors (Lipinski definition) is 6. The highest BCUT2D eigenvalue weighted by atomic mass is 16.5. The lowest BCUT2D eigenvalue weighted by Gasteiger charge is -2.35. The van der Waals surface area contributed by atoms with Crippen molar-refractivity contribution >= 4 is 11.7 Å². The number of piperidine rings is 1. The largest absolute Gasteiger partial charge is 0.492 e. The molecule has 2 aromatic rings. The monoisotopic (exact) mass is 437 g/mol. The van der Waals surface area contributed by atoms with E-state index >= 15 is 0 Å². The number of likely N-dealkylation sites (tertiary alicyclic amines) is 1. The molecular formula is C25H35N5O2. The van der Waals surface area contributed by atoms with E-state index in [0.717, 1.165) is 68.4 Å². The van der Waals surface area contributed by atoms with Gasteiger partial charge in [-0.1, -0.05) is 6.07 Å². The quantitative estimate of drug-likeness (QED) is 0.696. The summed E-state index contributed by atoms with van der Waals surface area (Å²) in [7, 11) is 2.12. The third-order valence-corrected chi connectivity index (χ3v) is 6.34. The van der Waals surface area contributed by atoms with E-state index in [1.54, 1.807) is 6.92 Å². The minimum Gasteiger partial charge on any atom is -0.492 e. The summed E-state index contributed by atoms with van der Waals surface area (Å²) in [5.74, 6) is 2.67. The van der Waals surface area contributed by atoms with Gasteiger partial charge in [-0.05, 0) is 69.8 Å². The van der Waals surface area contributed by atoms with Crippen LogP contribution in [0.5, 0.6) is 5.75 Å². The van der Waals surface area contributed by atoms with E-state index in [0.29, 0.717) is 13.2 Å². The summed E-state index contributed by atoms with van der Waals surface area (Å²) in [6, 6.07) is 6.23. The van der Waals surface area contributed by atoms with Crippen molar-refractivity contribution < 1.29 is 9.53 Å². The summed E-state index contributed by atoms with van der Waals surface area (Å²) in [4.78, 5) is 26.4. The van der Waals surface area contributed by atoms with Gasteiger partial charge in [0.1, 0.15) is 18.2 Å². The maximum atomic E-state index is 12.2. The van der Waals surface area contributed by atoms with Crippen molar-refractivity contribution in [3.05, 3.63) is 46.4 Å². The molecule has 32 heavy (non-hydrogen) atoms. The molecule has 172 valence electrons. The van der Waals surface area contributed by atoms with Gasteiger partial charge in [0, 0.05) is 32.1 Å². The van der Waals surface area contributed by atoms with Gasteiger partial charge in [-0.3, -0.25) is 4.79 Å². The average Bonchev–Trinajstić information content (AvgIpc) is 2.75. The molecule has 3 heterocycles. The molecule has 1 atom stereocenters. The molecule has 7 heteroatoms. The number of anilines is 1. The number of carbonyl (C=O) groups excluding carboxylic acids is 1. The normalized spacial score (nSPS) is 18.9. The van der Waals surface area contributed by atoms with Crippen molar-refractivity contribution in [2.24, 2.45) is 0 Å². The van der Waals surface area contributed by atoms with Gasteiger partial charge in [0.25, 0.3) is 0 Å². The topological polar surface area (TPSA) is 70.6 Å². The van der Waals surface area contributed by atoms with Crippen LogP contribution < -0.4 is 10.1 Å². The molecule has 4 rings (SSSR count). The maximum absolute atomic E-state index is 12.2. The Balaban J connectivity index is 1.52. The van der Waals surface area contributed by atoms with E-state index in [1.165, 1.54) is 16.7 Å². The smallest absolute Gasteiger partial charge is 0.220 e. The zero-order chi connectivity index (χ0) is 22.7. The standard InChI is InChI=1S/C25H35N5O2/c1-17-13-18(2)15-20(14-17)32-12-9-26-24-21-8-11-29(4)16-22(21)27-25(28-24)23-7-5-6-10-30(23)19(3)31/h13-15,23H,5-12,16H2,1-4H3,(H,26,27,28)/t23-/m0/s1. The minimum absolute atomic E-state index is 0.0362. The van der Waals surface area contributed by atoms with Gasteiger partial charge in [-0.25, -0.2) is 9.97 Å². The predicted molar refractivity (Wildman–Crippen MR) is 126 cm³/mol. The molecule has 0 radical (unpaired) electrons. The number of amides is 1. The number of fused-ring (bicyclic) bond motifs is 1. The summed E-state index contributed by atoms with van der Waals surface area (Å²) in [6.45, 7) is 9.62. The molecule has 7 nitrogen and oxygen atoms in total. The zero-order valence-electron chi connectivity index (χ0n) is 19.8. The molecule has 1 fully saturated rings. The van der Waals surface area contributed by atoms with Crippen LogP contribution in [-0.2, 0) is 17.8 Å². The van der Waals surface area contributed by atoms with E-state index in [9.17, 15) is 4.79 Å². The molecule has 1 N–H and O–H groups in total. The van der Waals surface area contributed by atoms with Crippen LogP contribution in [0, 0.1) is 13.8 Å². The molecule has 1 amide bonds. The number of aromatic nitrogens is 2. The number of nitrogens with zero attached hydrogens (tertiary/aromatic N) is 4. The Morgan fingerprint density at radius 3 is 2.69 bits per heavy atom. The third-order valence-electron chi connectivity index (χ3n) is 6.34. The van der Waals surface area contributed by atoms with Crippen molar-refractivity contribution in [1.82, 2.24) is 19.8 Å². The van der Waals surface area contributed by atoms with Crippen molar-refractivity contribution in [2.75, 3.05) is 38.6 Å². The molecule has 2 aliphatic rings. The fourth-order valence-electron chi connectivity index (χ4n) is 4.81. The Kier molecular flexibility index (Phi) is 6.94. The number of rotatable bonds is 6. The molecule has 0 saturated carbocycles. The van der Waals surface area contributed by atoms with Gasteiger partial charge in [-0.15, -0.1) is 0 Å². The van der Waals surface area contributed by atoms with E-state index < -0.39 is 0 Å². The SMILES string of the molecule is CC(=O)N1CCCC[C@H]1c1nc2c(c(NCCOc3cc(C)cc(C)c3)n1)CCN(C)C2. The highest BCUT2D eigenvalue weighted by Gasteiger charge is 2.30. The molecular weight excluding hydrogens is 402 g/mol. The van der Waals surface area contributed by atoms with Crippen LogP contribution in [0.3, 0.4) is 0 Å². The van der Waals surface area contributed by atoms with Crippen molar-refractivity contribution in [2.45, 2.75) is 59.0 Å². The first-order chi connectivity index (χ1) is 15.4. The van der Waals surface area contributed by atoms with E-state index in [2.05, 4.69) is 49.3 Å². The van der Waals surface area contributed by atoms with Crippen LogP contribution >= 0.6 is 0 Å². The summed E-state index contributed by atoms with van der Waals surface area (Å²) < 4.78 is 5.98. The molecule has 0 aliphatic carbocycles. The van der Waals surface area contributed by atoms with E-state index in [1.807, 2.05) is 4.90 Å². The van der Waals surface area contributed by atoms with Gasteiger partial charge in [-0.2, -0.15) is 0 Å². The Morgan fingerprint density at radius 1 is 1.16 bits per heavy atom. The third kappa shape index (κ3) is 5.21. The fraction of sp³-hybridized carbons (Fsp3) is 0.560. The number of nitrogens with one attached hydrogen (secondary N) is 1. The first kappa shape index (κ1) is 22.5. The molecule has 1 saturated heterocycles. The Morgan fingerprint density at radius 2 is 1.94 bits per heavy atom. The van der Waals surface area contributed by atoms with Crippen LogP contribution in [0.15, 0.2) is 18.2 Å². The lowest BCUT2D eigenvalue weighted by atomic mass is 10.00. The van der Waals surface area contributed by atoms with Crippen LogP contribution in [0.4, 0.5) is 5.82 Å². The lowest BCUT2D eigenvalue weighted by Crippen LogP contribution is -2.38. The molecule has 0 spiro atoms. The maximum Gasteiger partial charge on any atom is 0.220 e. The first-order valence-corrected chi connectivity index (χ1v) is 11.7. The average molecular weight is 438 g/mol. The number of benzene rings is 1. The number of aryl methyl sites for hydroxylation is 2. The summed E-state index contributed by atoms with van der Waals surface area (Å²) >= 11 is 0.